The molecule has 0 radical (unpaired) electrons. The molecule has 0 spiro atoms. The lowest BCUT2D eigenvalue weighted by molar-refractivity contribution is -0.388. The molecule has 1 aliphatic heterocycles. The molecule has 1 aromatic carbocycles. The number of aromatic nitrogens is 2. The molecule has 2 aromatic rings. The predicted molar refractivity (Wildman–Crippen MR) is 104 cm³/mol. The molecule has 30 heavy (non-hydrogen) atoms. The molecule has 0 N–H and O–H groups in total. The second-order valence-corrected chi connectivity index (χ2v) is 9.24. The Bertz CT molecular complexity index is 1090. The van der Waals surface area contributed by atoms with Crippen molar-refractivity contribution >= 4 is 49.1 Å². The Labute approximate surface area is 181 Å². The van der Waals surface area contributed by atoms with Crippen molar-refractivity contribution in [2.24, 2.45) is 0 Å². The van der Waals surface area contributed by atoms with E-state index in [0.717, 1.165) is 4.31 Å². The van der Waals surface area contributed by atoms with Gasteiger partial charge in [0, 0.05) is 38.4 Å². The van der Waals surface area contributed by atoms with E-state index in [2.05, 4.69) is 25.9 Å². The molecular formula is C15H12BrClF3N5O4S. The summed E-state index contributed by atoms with van der Waals surface area (Å²) in [5.41, 5.74) is -2.43. The summed E-state index contributed by atoms with van der Waals surface area (Å²) < 4.78 is 65.9. The molecule has 2 heterocycles. The van der Waals surface area contributed by atoms with Gasteiger partial charge in [-0.25, -0.2) is 13.4 Å². The minimum atomic E-state index is -4.84. The lowest BCUT2D eigenvalue weighted by Crippen LogP contribution is -2.49. The number of halogens is 5. The topological polar surface area (TPSA) is 110 Å². The maximum absolute atomic E-state index is 12.9. The van der Waals surface area contributed by atoms with Gasteiger partial charge in [-0.3, -0.25) is 10.1 Å². The molecule has 0 bridgehead atoms. The van der Waals surface area contributed by atoms with Crippen LogP contribution in [-0.2, 0) is 16.2 Å². The highest BCUT2D eigenvalue weighted by Gasteiger charge is 2.38. The fraction of sp³-hybridized carbons (Fsp3) is 0.333. The van der Waals surface area contributed by atoms with E-state index in [1.165, 1.54) is 6.20 Å². The van der Waals surface area contributed by atoms with Crippen molar-refractivity contribution in [1.82, 2.24) is 14.3 Å². The number of rotatable bonds is 4. The Kier molecular flexibility index (Phi) is 6.23. The highest BCUT2D eigenvalue weighted by molar-refractivity contribution is 9.10. The van der Waals surface area contributed by atoms with Crippen molar-refractivity contribution in [2.45, 2.75) is 11.1 Å². The van der Waals surface area contributed by atoms with E-state index in [4.69, 9.17) is 11.6 Å². The maximum atomic E-state index is 12.9. The molecule has 3 rings (SSSR count). The van der Waals surface area contributed by atoms with Gasteiger partial charge in [0.15, 0.2) is 4.90 Å². The van der Waals surface area contributed by atoms with Gasteiger partial charge in [-0.05, 0) is 39.7 Å². The van der Waals surface area contributed by atoms with Crippen molar-refractivity contribution < 1.29 is 26.5 Å². The SMILES string of the molecule is O=[N+]([O-])c1cc(C(F)(F)F)ccc1S(=O)(=O)N1CCN(c2nc(Cl)ncc2Br)CC1. The number of piperazine rings is 1. The number of sulfonamides is 1. The van der Waals surface area contributed by atoms with Crippen LogP contribution in [0.2, 0.25) is 5.28 Å². The summed E-state index contributed by atoms with van der Waals surface area (Å²) in [5, 5.41) is 11.3. The molecule has 1 fully saturated rings. The van der Waals surface area contributed by atoms with Crippen molar-refractivity contribution in [2.75, 3.05) is 31.1 Å². The van der Waals surface area contributed by atoms with Gasteiger partial charge < -0.3 is 4.90 Å². The van der Waals surface area contributed by atoms with Crippen LogP contribution in [0.4, 0.5) is 24.7 Å². The van der Waals surface area contributed by atoms with Crippen LogP contribution in [0.1, 0.15) is 5.56 Å². The highest BCUT2D eigenvalue weighted by atomic mass is 79.9. The van der Waals surface area contributed by atoms with Crippen LogP contribution >= 0.6 is 27.5 Å². The fourth-order valence-corrected chi connectivity index (χ4v) is 5.02. The molecule has 0 amide bonds. The number of nitro benzene ring substituents is 1. The quantitative estimate of drug-likeness (QED) is 0.339. The number of hydrogen-bond acceptors (Lipinski definition) is 7. The number of hydrogen-bond donors (Lipinski definition) is 0. The minimum absolute atomic E-state index is 0.00336. The van der Waals surface area contributed by atoms with Crippen LogP contribution in [0.25, 0.3) is 0 Å². The van der Waals surface area contributed by atoms with Gasteiger partial charge in [0.2, 0.25) is 15.3 Å². The zero-order chi connectivity index (χ0) is 22.3. The summed E-state index contributed by atoms with van der Waals surface area (Å²) in [6.45, 7) is 0.238. The average Bonchev–Trinajstić information content (AvgIpc) is 2.68. The summed E-state index contributed by atoms with van der Waals surface area (Å²) in [7, 11) is -4.40. The minimum Gasteiger partial charge on any atom is -0.353 e. The van der Waals surface area contributed by atoms with Crippen molar-refractivity contribution in [3.63, 3.8) is 0 Å². The predicted octanol–water partition coefficient (Wildman–Crippen LogP) is 3.33. The van der Waals surface area contributed by atoms with E-state index in [-0.39, 0.29) is 37.5 Å². The van der Waals surface area contributed by atoms with E-state index in [1.54, 1.807) is 4.90 Å². The molecule has 1 aliphatic rings. The zero-order valence-corrected chi connectivity index (χ0v) is 18.0. The normalized spacial score (nSPS) is 16.0. The molecule has 9 nitrogen and oxygen atoms in total. The van der Waals surface area contributed by atoms with Crippen LogP contribution in [-0.4, -0.2) is 53.8 Å². The highest BCUT2D eigenvalue weighted by Crippen LogP contribution is 2.36. The molecule has 0 unspecified atom stereocenters. The summed E-state index contributed by atoms with van der Waals surface area (Å²) in [5.74, 6) is 0.451. The molecule has 162 valence electrons. The lowest BCUT2D eigenvalue weighted by atomic mass is 10.2. The van der Waals surface area contributed by atoms with E-state index in [9.17, 15) is 31.7 Å². The van der Waals surface area contributed by atoms with Gasteiger partial charge in [-0.2, -0.15) is 22.5 Å². The standard InChI is InChI=1S/C15H12BrClF3N5O4S/c16-10-8-21-14(17)22-13(10)23-3-5-24(6-4-23)30(28,29)12-2-1-9(15(18,19)20)7-11(12)25(26)27/h1-2,7-8H,3-6H2. The van der Waals surface area contributed by atoms with Gasteiger partial charge in [0.1, 0.15) is 5.82 Å². The van der Waals surface area contributed by atoms with Crippen molar-refractivity contribution in [1.29, 1.82) is 0 Å². The monoisotopic (exact) mass is 529 g/mol. The number of nitrogens with zero attached hydrogens (tertiary/aromatic N) is 5. The van der Waals surface area contributed by atoms with Crippen molar-refractivity contribution in [3.05, 3.63) is 49.8 Å². The smallest absolute Gasteiger partial charge is 0.353 e. The third-order valence-corrected chi connectivity index (χ3v) is 7.02. The molecule has 0 atom stereocenters. The Hall–Kier alpha value is -2.03. The third-order valence-electron chi connectivity index (χ3n) is 4.34. The van der Waals surface area contributed by atoms with Crippen LogP contribution in [0, 0.1) is 10.1 Å². The Morgan fingerprint density at radius 2 is 1.83 bits per heavy atom. The summed E-state index contributed by atoms with van der Waals surface area (Å²) >= 11 is 9.07. The van der Waals surface area contributed by atoms with Crippen LogP contribution in [0.3, 0.4) is 0 Å². The molecule has 1 saturated heterocycles. The Balaban J connectivity index is 1.87. The third kappa shape index (κ3) is 4.50. The zero-order valence-electron chi connectivity index (χ0n) is 14.8. The van der Waals surface area contributed by atoms with E-state index < -0.39 is 37.3 Å². The first-order chi connectivity index (χ1) is 13.9. The van der Waals surface area contributed by atoms with Crippen LogP contribution in [0.15, 0.2) is 33.8 Å². The van der Waals surface area contributed by atoms with E-state index >= 15 is 0 Å². The van der Waals surface area contributed by atoms with Gasteiger partial charge in [0.25, 0.3) is 5.69 Å². The average molecular weight is 531 g/mol. The van der Waals surface area contributed by atoms with Gasteiger partial charge >= 0.3 is 6.18 Å². The number of alkyl halides is 3. The Morgan fingerprint density at radius 1 is 1.20 bits per heavy atom. The van der Waals surface area contributed by atoms with Crippen molar-refractivity contribution in [3.8, 4) is 0 Å². The molecular weight excluding hydrogens is 519 g/mol. The first kappa shape index (κ1) is 22.7. The molecule has 1 aromatic heterocycles. The second-order valence-electron chi connectivity index (χ2n) is 6.14. The van der Waals surface area contributed by atoms with E-state index in [1.807, 2.05) is 0 Å². The van der Waals surface area contributed by atoms with E-state index in [0.29, 0.717) is 22.4 Å². The lowest BCUT2D eigenvalue weighted by Gasteiger charge is -2.34. The largest absolute Gasteiger partial charge is 0.416 e. The number of benzene rings is 1. The van der Waals surface area contributed by atoms with Gasteiger partial charge in [-0.15, -0.1) is 0 Å². The van der Waals surface area contributed by atoms with Crippen LogP contribution in [0.5, 0.6) is 0 Å². The number of anilines is 1. The fourth-order valence-electron chi connectivity index (χ4n) is 2.89. The van der Waals surface area contributed by atoms with Gasteiger partial charge in [-0.1, -0.05) is 0 Å². The molecule has 0 aliphatic carbocycles. The number of nitro groups is 1. The molecule has 0 saturated carbocycles. The first-order valence-corrected chi connectivity index (χ1v) is 10.8. The summed E-state index contributed by atoms with van der Waals surface area (Å²) in [6.07, 6.45) is -3.40. The van der Waals surface area contributed by atoms with Crippen LogP contribution < -0.4 is 4.90 Å². The summed E-state index contributed by atoms with van der Waals surface area (Å²) in [6, 6.07) is 1.35. The molecule has 15 heteroatoms. The maximum Gasteiger partial charge on any atom is 0.416 e. The van der Waals surface area contributed by atoms with Gasteiger partial charge in [0.05, 0.1) is 15.0 Å². The Morgan fingerprint density at radius 3 is 2.40 bits per heavy atom. The second kappa shape index (κ2) is 8.24. The summed E-state index contributed by atoms with van der Waals surface area (Å²) in [4.78, 5) is 19.0. The first-order valence-electron chi connectivity index (χ1n) is 8.20.